The third-order valence-electron chi connectivity index (χ3n) is 3.91. The molecule has 0 aliphatic carbocycles. The van der Waals surface area contributed by atoms with E-state index in [0.29, 0.717) is 26.1 Å². The number of carbonyl (C=O) groups is 1. The van der Waals surface area contributed by atoms with Crippen LogP contribution in [-0.2, 0) is 19.7 Å². The third-order valence-corrected chi connectivity index (χ3v) is 3.91. The molecular weight excluding hydrogens is 266 g/mol. The Hall–Kier alpha value is -1.39. The third kappa shape index (κ3) is 3.83. The topological polar surface area (TPSA) is 61.5 Å². The molecule has 4 nitrogen and oxygen atoms in total. The summed E-state index contributed by atoms with van der Waals surface area (Å²) in [6.07, 6.45) is 1.33. The summed E-state index contributed by atoms with van der Waals surface area (Å²) in [7, 11) is 1.44. The van der Waals surface area contributed by atoms with Gasteiger partial charge in [-0.05, 0) is 30.9 Å². The molecule has 1 aromatic rings. The first kappa shape index (κ1) is 17.7. The quantitative estimate of drug-likeness (QED) is 0.870. The lowest BCUT2D eigenvalue weighted by Crippen LogP contribution is -2.42. The maximum atomic E-state index is 12.2. The average molecular weight is 293 g/mol. The van der Waals surface area contributed by atoms with E-state index in [0.717, 1.165) is 11.1 Å². The lowest BCUT2D eigenvalue weighted by molar-refractivity contribution is -0.151. The number of benzene rings is 1. The van der Waals surface area contributed by atoms with Crippen LogP contribution in [0.5, 0.6) is 0 Å². The van der Waals surface area contributed by atoms with E-state index in [2.05, 4.69) is 0 Å². The molecule has 0 spiro atoms. The Bertz CT molecular complexity index is 434. The van der Waals surface area contributed by atoms with Gasteiger partial charge in [0.05, 0.1) is 12.5 Å². The highest BCUT2D eigenvalue weighted by Gasteiger charge is 2.42. The molecule has 1 atom stereocenters. The molecule has 1 fully saturated rings. The molecule has 0 bridgehead atoms. The largest absolute Gasteiger partial charge is 0.468 e. The van der Waals surface area contributed by atoms with Crippen LogP contribution in [0.2, 0.25) is 0 Å². The lowest BCUT2D eigenvalue weighted by Gasteiger charge is -2.35. The molecule has 1 aromatic carbocycles. The maximum absolute atomic E-state index is 12.2. The minimum absolute atomic E-state index is 0.00202. The van der Waals surface area contributed by atoms with Crippen LogP contribution in [-0.4, -0.2) is 26.3 Å². The highest BCUT2D eigenvalue weighted by atomic mass is 16.5. The summed E-state index contributed by atoms with van der Waals surface area (Å²) >= 11 is 0. The summed E-state index contributed by atoms with van der Waals surface area (Å²) < 4.78 is 10.4. The van der Waals surface area contributed by atoms with Crippen LogP contribution in [0.3, 0.4) is 0 Å². The van der Waals surface area contributed by atoms with E-state index >= 15 is 0 Å². The van der Waals surface area contributed by atoms with Crippen molar-refractivity contribution in [1.29, 1.82) is 0 Å². The predicted octanol–water partition coefficient (Wildman–Crippen LogP) is 2.95. The van der Waals surface area contributed by atoms with Crippen molar-refractivity contribution in [2.45, 2.75) is 45.1 Å². The Morgan fingerprint density at radius 1 is 1.24 bits per heavy atom. The van der Waals surface area contributed by atoms with Crippen molar-refractivity contribution in [3.63, 3.8) is 0 Å². The summed E-state index contributed by atoms with van der Waals surface area (Å²) in [5.41, 5.74) is 7.34. The first-order valence-corrected chi connectivity index (χ1v) is 7.62. The van der Waals surface area contributed by atoms with Gasteiger partial charge in [-0.2, -0.15) is 0 Å². The summed E-state index contributed by atoms with van der Waals surface area (Å²) in [5.74, 6) is -0.177. The number of esters is 1. The average Bonchev–Trinajstić information content (AvgIpc) is 2.56. The summed E-state index contributed by atoms with van der Waals surface area (Å²) in [4.78, 5) is 12.2. The van der Waals surface area contributed by atoms with E-state index in [9.17, 15) is 4.79 Å². The van der Waals surface area contributed by atoms with Gasteiger partial charge < -0.3 is 15.2 Å². The monoisotopic (exact) mass is 293 g/mol. The van der Waals surface area contributed by atoms with E-state index in [1.165, 1.54) is 7.11 Å². The van der Waals surface area contributed by atoms with Crippen LogP contribution in [0, 0.1) is 0 Å². The molecule has 1 saturated heterocycles. The van der Waals surface area contributed by atoms with E-state index in [1.54, 1.807) is 0 Å². The normalized spacial score (nSPS) is 18.1. The summed E-state index contributed by atoms with van der Waals surface area (Å²) in [6, 6.07) is 7.94. The van der Waals surface area contributed by atoms with Gasteiger partial charge in [-0.3, -0.25) is 4.79 Å². The molecule has 2 N–H and O–H groups in total. The summed E-state index contributed by atoms with van der Waals surface area (Å²) in [6.45, 7) is 7.12. The number of methoxy groups -OCH3 is 1. The first-order chi connectivity index (χ1) is 10.1. The molecule has 118 valence electrons. The SMILES string of the molecule is CC.COC(=O)C1(c2ccc([C@@H](C)N)cc2)CCOCC1. The van der Waals surface area contributed by atoms with Gasteiger partial charge in [0.25, 0.3) is 0 Å². The van der Waals surface area contributed by atoms with Gasteiger partial charge in [0.2, 0.25) is 0 Å². The molecule has 2 rings (SSSR count). The summed E-state index contributed by atoms with van der Waals surface area (Å²) in [5, 5.41) is 0. The number of ether oxygens (including phenoxy) is 2. The van der Waals surface area contributed by atoms with Gasteiger partial charge in [0.15, 0.2) is 0 Å². The maximum Gasteiger partial charge on any atom is 0.316 e. The number of hydrogen-bond donors (Lipinski definition) is 1. The first-order valence-electron chi connectivity index (χ1n) is 7.62. The van der Waals surface area contributed by atoms with Crippen molar-refractivity contribution >= 4 is 5.97 Å². The molecule has 21 heavy (non-hydrogen) atoms. The number of rotatable bonds is 3. The van der Waals surface area contributed by atoms with Crippen molar-refractivity contribution in [3.8, 4) is 0 Å². The highest BCUT2D eigenvalue weighted by Crippen LogP contribution is 2.36. The van der Waals surface area contributed by atoms with Crippen LogP contribution in [0.25, 0.3) is 0 Å². The smallest absolute Gasteiger partial charge is 0.316 e. The zero-order chi connectivity index (χ0) is 15.9. The standard InChI is InChI=1S/C15H21NO3.C2H6/c1-11(16)12-3-5-13(6-4-12)15(14(17)18-2)7-9-19-10-8-15;1-2/h3-6,11H,7-10,16H2,1-2H3;1-2H3/t11-;/m1./s1. The second-order valence-electron chi connectivity index (χ2n) is 5.10. The van der Waals surface area contributed by atoms with Gasteiger partial charge in [-0.1, -0.05) is 38.1 Å². The molecular formula is C17H27NO3. The molecule has 0 unspecified atom stereocenters. The number of hydrogen-bond acceptors (Lipinski definition) is 4. The highest BCUT2D eigenvalue weighted by molar-refractivity contribution is 5.83. The van der Waals surface area contributed by atoms with Gasteiger partial charge in [0, 0.05) is 19.3 Å². The van der Waals surface area contributed by atoms with E-state index in [-0.39, 0.29) is 12.0 Å². The Kier molecular flexibility index (Phi) is 6.85. The van der Waals surface area contributed by atoms with E-state index in [1.807, 2.05) is 45.0 Å². The molecule has 0 aromatic heterocycles. The van der Waals surface area contributed by atoms with Gasteiger partial charge in [-0.15, -0.1) is 0 Å². The van der Waals surface area contributed by atoms with Crippen molar-refractivity contribution in [1.82, 2.24) is 0 Å². The van der Waals surface area contributed by atoms with Crippen molar-refractivity contribution in [2.24, 2.45) is 5.73 Å². The zero-order valence-corrected chi connectivity index (χ0v) is 13.5. The molecule has 0 amide bonds. The molecule has 1 aliphatic rings. The Labute approximate surface area is 127 Å². The molecule has 1 aliphatic heterocycles. The molecule has 0 saturated carbocycles. The van der Waals surface area contributed by atoms with Crippen molar-refractivity contribution in [2.75, 3.05) is 20.3 Å². The van der Waals surface area contributed by atoms with Gasteiger partial charge in [0.1, 0.15) is 0 Å². The second-order valence-corrected chi connectivity index (χ2v) is 5.10. The minimum atomic E-state index is -0.566. The van der Waals surface area contributed by atoms with Crippen LogP contribution < -0.4 is 5.73 Å². The van der Waals surface area contributed by atoms with Crippen LogP contribution >= 0.6 is 0 Å². The van der Waals surface area contributed by atoms with E-state index < -0.39 is 5.41 Å². The molecule has 4 heteroatoms. The fourth-order valence-corrected chi connectivity index (χ4v) is 2.63. The number of carbonyl (C=O) groups excluding carboxylic acids is 1. The van der Waals surface area contributed by atoms with Crippen LogP contribution in [0.15, 0.2) is 24.3 Å². The predicted molar refractivity (Wildman–Crippen MR) is 84.1 cm³/mol. The Morgan fingerprint density at radius 3 is 2.19 bits per heavy atom. The van der Waals surface area contributed by atoms with Crippen LogP contribution in [0.1, 0.15) is 50.8 Å². The van der Waals surface area contributed by atoms with Crippen molar-refractivity contribution in [3.05, 3.63) is 35.4 Å². The Balaban J connectivity index is 0.00000106. The molecule has 0 radical (unpaired) electrons. The Morgan fingerprint density at radius 2 is 1.76 bits per heavy atom. The molecule has 1 heterocycles. The minimum Gasteiger partial charge on any atom is -0.468 e. The van der Waals surface area contributed by atoms with E-state index in [4.69, 9.17) is 15.2 Å². The second kappa shape index (κ2) is 8.15. The van der Waals surface area contributed by atoms with Crippen molar-refractivity contribution < 1.29 is 14.3 Å². The van der Waals surface area contributed by atoms with Gasteiger partial charge >= 0.3 is 5.97 Å². The lowest BCUT2D eigenvalue weighted by atomic mass is 9.74. The zero-order valence-electron chi connectivity index (χ0n) is 13.5. The number of nitrogens with two attached hydrogens (primary N) is 1. The van der Waals surface area contributed by atoms with Crippen LogP contribution in [0.4, 0.5) is 0 Å². The fraction of sp³-hybridized carbons (Fsp3) is 0.588. The van der Waals surface area contributed by atoms with Gasteiger partial charge in [-0.25, -0.2) is 0 Å². The fourth-order valence-electron chi connectivity index (χ4n) is 2.63.